The van der Waals surface area contributed by atoms with Gasteiger partial charge in [-0.2, -0.15) is 5.26 Å². The van der Waals surface area contributed by atoms with E-state index in [1.165, 1.54) is 12.1 Å². The molecule has 1 fully saturated rings. The standard InChI is InChI=1S/C19H21FN4O/c1-22-13-15(11-16(22)12-21)14-23-7-4-8-24(10-9-23)19(25)17-5-2-3-6-18(17)20/h2-3,5-6,11,13H,4,7-10,14H2,1H3. The van der Waals surface area contributed by atoms with Gasteiger partial charge in [-0.15, -0.1) is 0 Å². The summed E-state index contributed by atoms with van der Waals surface area (Å²) in [7, 11) is 1.86. The molecule has 0 saturated carbocycles. The molecule has 1 aliphatic heterocycles. The maximum absolute atomic E-state index is 13.8. The van der Waals surface area contributed by atoms with Gasteiger partial charge in [0.1, 0.15) is 17.6 Å². The highest BCUT2D eigenvalue weighted by molar-refractivity contribution is 5.94. The number of halogens is 1. The van der Waals surface area contributed by atoms with E-state index in [0.29, 0.717) is 18.8 Å². The largest absolute Gasteiger partial charge is 0.342 e. The molecule has 1 aromatic carbocycles. The third-order valence-electron chi connectivity index (χ3n) is 4.56. The van der Waals surface area contributed by atoms with Crippen molar-refractivity contribution in [3.05, 3.63) is 59.2 Å². The average Bonchev–Trinajstić information content (AvgIpc) is 2.80. The normalized spacial score (nSPS) is 15.6. The lowest BCUT2D eigenvalue weighted by Gasteiger charge is -2.22. The van der Waals surface area contributed by atoms with Crippen molar-refractivity contribution in [2.75, 3.05) is 26.2 Å². The molecule has 1 aromatic heterocycles. The number of carbonyl (C=O) groups excluding carboxylic acids is 1. The Morgan fingerprint density at radius 3 is 2.76 bits per heavy atom. The molecule has 0 atom stereocenters. The molecule has 0 bridgehead atoms. The molecule has 2 aromatic rings. The number of hydrogen-bond donors (Lipinski definition) is 0. The Kier molecular flexibility index (Phi) is 5.15. The van der Waals surface area contributed by atoms with Crippen molar-refractivity contribution in [1.29, 1.82) is 5.26 Å². The fourth-order valence-electron chi connectivity index (χ4n) is 3.23. The molecule has 0 aliphatic carbocycles. The first-order chi connectivity index (χ1) is 12.1. The Bertz CT molecular complexity index is 808. The van der Waals surface area contributed by atoms with Crippen LogP contribution in [0.5, 0.6) is 0 Å². The van der Waals surface area contributed by atoms with Gasteiger partial charge in [0.05, 0.1) is 5.56 Å². The lowest BCUT2D eigenvalue weighted by Crippen LogP contribution is -2.35. The minimum Gasteiger partial charge on any atom is -0.342 e. The van der Waals surface area contributed by atoms with Crippen molar-refractivity contribution in [2.24, 2.45) is 7.05 Å². The highest BCUT2D eigenvalue weighted by Gasteiger charge is 2.22. The van der Waals surface area contributed by atoms with Gasteiger partial charge < -0.3 is 9.47 Å². The van der Waals surface area contributed by atoms with Crippen LogP contribution < -0.4 is 0 Å². The number of amides is 1. The van der Waals surface area contributed by atoms with Crippen LogP contribution in [0.25, 0.3) is 0 Å². The first-order valence-electron chi connectivity index (χ1n) is 8.40. The molecule has 1 aliphatic rings. The van der Waals surface area contributed by atoms with Crippen molar-refractivity contribution in [2.45, 2.75) is 13.0 Å². The van der Waals surface area contributed by atoms with E-state index in [-0.39, 0.29) is 11.5 Å². The van der Waals surface area contributed by atoms with Gasteiger partial charge in [0.2, 0.25) is 0 Å². The molecule has 3 rings (SSSR count). The van der Waals surface area contributed by atoms with Crippen LogP contribution in [0, 0.1) is 17.1 Å². The Hall–Kier alpha value is -2.65. The number of hydrogen-bond acceptors (Lipinski definition) is 3. The summed E-state index contributed by atoms with van der Waals surface area (Å²) in [6, 6.07) is 10.2. The molecular formula is C19H21FN4O. The van der Waals surface area contributed by atoms with Crippen LogP contribution >= 0.6 is 0 Å². The smallest absolute Gasteiger partial charge is 0.256 e. The zero-order chi connectivity index (χ0) is 17.8. The molecular weight excluding hydrogens is 319 g/mol. The maximum Gasteiger partial charge on any atom is 0.256 e. The Balaban J connectivity index is 1.63. The Morgan fingerprint density at radius 1 is 1.24 bits per heavy atom. The molecule has 0 N–H and O–H groups in total. The van der Waals surface area contributed by atoms with Crippen molar-refractivity contribution in [3.8, 4) is 6.07 Å². The number of nitrogens with zero attached hydrogens (tertiary/aromatic N) is 4. The van der Waals surface area contributed by atoms with Gasteiger partial charge in [-0.3, -0.25) is 9.69 Å². The van der Waals surface area contributed by atoms with E-state index in [1.54, 1.807) is 17.0 Å². The quantitative estimate of drug-likeness (QED) is 0.862. The fraction of sp³-hybridized carbons (Fsp3) is 0.368. The van der Waals surface area contributed by atoms with Gasteiger partial charge in [-0.25, -0.2) is 4.39 Å². The molecule has 0 unspecified atom stereocenters. The van der Waals surface area contributed by atoms with Crippen LogP contribution in [-0.4, -0.2) is 46.5 Å². The van der Waals surface area contributed by atoms with Crippen LogP contribution in [0.1, 0.15) is 28.0 Å². The highest BCUT2D eigenvalue weighted by Crippen LogP contribution is 2.15. The second-order valence-electron chi connectivity index (χ2n) is 6.36. The number of carbonyl (C=O) groups is 1. The molecule has 5 nitrogen and oxygen atoms in total. The van der Waals surface area contributed by atoms with Crippen LogP contribution in [0.2, 0.25) is 0 Å². The van der Waals surface area contributed by atoms with Gasteiger partial charge in [0.15, 0.2) is 0 Å². The minimum atomic E-state index is -0.470. The van der Waals surface area contributed by atoms with Crippen molar-refractivity contribution in [3.63, 3.8) is 0 Å². The topological polar surface area (TPSA) is 52.3 Å². The van der Waals surface area contributed by atoms with E-state index in [9.17, 15) is 9.18 Å². The summed E-state index contributed by atoms with van der Waals surface area (Å²) in [5, 5.41) is 9.05. The summed E-state index contributed by atoms with van der Waals surface area (Å²) < 4.78 is 15.7. The Labute approximate surface area is 146 Å². The summed E-state index contributed by atoms with van der Waals surface area (Å²) in [6.45, 7) is 3.55. The van der Waals surface area contributed by atoms with Crippen LogP contribution in [-0.2, 0) is 13.6 Å². The van der Waals surface area contributed by atoms with Gasteiger partial charge in [0.25, 0.3) is 5.91 Å². The second kappa shape index (κ2) is 7.49. The summed E-state index contributed by atoms with van der Waals surface area (Å²) in [6.07, 6.45) is 2.81. The first kappa shape index (κ1) is 17.2. The fourth-order valence-corrected chi connectivity index (χ4v) is 3.23. The number of rotatable bonds is 3. The summed E-state index contributed by atoms with van der Waals surface area (Å²) >= 11 is 0. The molecule has 0 spiro atoms. The second-order valence-corrected chi connectivity index (χ2v) is 6.36. The van der Waals surface area contributed by atoms with Crippen molar-refractivity contribution < 1.29 is 9.18 Å². The number of aromatic nitrogens is 1. The van der Waals surface area contributed by atoms with Crippen molar-refractivity contribution in [1.82, 2.24) is 14.4 Å². The zero-order valence-corrected chi connectivity index (χ0v) is 14.3. The predicted molar refractivity (Wildman–Crippen MR) is 92.3 cm³/mol. The van der Waals surface area contributed by atoms with Crippen molar-refractivity contribution >= 4 is 5.91 Å². The maximum atomic E-state index is 13.8. The van der Waals surface area contributed by atoms with Crippen LogP contribution in [0.4, 0.5) is 4.39 Å². The van der Waals surface area contributed by atoms with E-state index in [1.807, 2.05) is 23.9 Å². The number of nitriles is 1. The third kappa shape index (κ3) is 3.89. The monoisotopic (exact) mass is 340 g/mol. The first-order valence-corrected chi connectivity index (χ1v) is 8.40. The molecule has 0 radical (unpaired) electrons. The summed E-state index contributed by atoms with van der Waals surface area (Å²) in [5.74, 6) is -0.714. The lowest BCUT2D eigenvalue weighted by molar-refractivity contribution is 0.0756. The molecule has 25 heavy (non-hydrogen) atoms. The van der Waals surface area contributed by atoms with Gasteiger partial charge in [-0.05, 0) is 30.2 Å². The summed E-state index contributed by atoms with van der Waals surface area (Å²) in [5.41, 5.74) is 1.87. The van der Waals surface area contributed by atoms with E-state index in [4.69, 9.17) is 5.26 Å². The molecule has 1 saturated heterocycles. The molecule has 130 valence electrons. The number of aryl methyl sites for hydroxylation is 1. The summed E-state index contributed by atoms with van der Waals surface area (Å²) in [4.78, 5) is 16.5. The van der Waals surface area contributed by atoms with Crippen LogP contribution in [0.3, 0.4) is 0 Å². The van der Waals surface area contributed by atoms with Crippen LogP contribution in [0.15, 0.2) is 36.5 Å². The van der Waals surface area contributed by atoms with E-state index >= 15 is 0 Å². The predicted octanol–water partition coefficient (Wildman–Crippen LogP) is 2.38. The molecule has 1 amide bonds. The molecule has 2 heterocycles. The van der Waals surface area contributed by atoms with Gasteiger partial charge >= 0.3 is 0 Å². The van der Waals surface area contributed by atoms with E-state index in [0.717, 1.165) is 31.6 Å². The van der Waals surface area contributed by atoms with Gasteiger partial charge in [0, 0.05) is 46.0 Å². The lowest BCUT2D eigenvalue weighted by atomic mass is 10.2. The highest BCUT2D eigenvalue weighted by atomic mass is 19.1. The van der Waals surface area contributed by atoms with Gasteiger partial charge in [-0.1, -0.05) is 12.1 Å². The Morgan fingerprint density at radius 2 is 2.04 bits per heavy atom. The minimum absolute atomic E-state index is 0.137. The SMILES string of the molecule is Cn1cc(CN2CCCN(C(=O)c3ccccc3F)CC2)cc1C#N. The van der Waals surface area contributed by atoms with E-state index < -0.39 is 5.82 Å². The number of benzene rings is 1. The average molecular weight is 340 g/mol. The third-order valence-corrected chi connectivity index (χ3v) is 4.56. The molecule has 6 heteroatoms. The zero-order valence-electron chi connectivity index (χ0n) is 14.3. The van der Waals surface area contributed by atoms with E-state index in [2.05, 4.69) is 11.0 Å².